The van der Waals surface area contributed by atoms with Gasteiger partial charge in [0.1, 0.15) is 5.75 Å². The van der Waals surface area contributed by atoms with Gasteiger partial charge >= 0.3 is 0 Å². The molecule has 2 heterocycles. The zero-order valence-electron chi connectivity index (χ0n) is 11.9. The topological polar surface area (TPSA) is 61.0 Å². The molecule has 2 aromatic rings. The summed E-state index contributed by atoms with van der Waals surface area (Å²) in [5, 5.41) is 0. The molecule has 2 rings (SSSR count). The fraction of sp³-hybridized carbons (Fsp3) is 0.333. The van der Waals surface area contributed by atoms with Crippen LogP contribution >= 0.6 is 15.9 Å². The first kappa shape index (κ1) is 14.9. The van der Waals surface area contributed by atoms with Crippen molar-refractivity contribution >= 4 is 15.9 Å². The fourth-order valence-electron chi connectivity index (χ4n) is 2.23. The van der Waals surface area contributed by atoms with E-state index in [0.29, 0.717) is 6.42 Å². The minimum atomic E-state index is -0.140. The second-order valence-corrected chi connectivity index (χ2v) is 5.71. The number of pyridine rings is 2. The van der Waals surface area contributed by atoms with Crippen molar-refractivity contribution in [3.05, 3.63) is 51.5 Å². The Morgan fingerprint density at radius 3 is 2.70 bits per heavy atom. The van der Waals surface area contributed by atoms with Crippen molar-refractivity contribution in [2.45, 2.75) is 26.3 Å². The lowest BCUT2D eigenvalue weighted by molar-refractivity contribution is 0.406. The molecule has 0 radical (unpaired) electrons. The van der Waals surface area contributed by atoms with E-state index in [0.717, 1.165) is 32.6 Å². The van der Waals surface area contributed by atoms with Crippen molar-refractivity contribution in [1.29, 1.82) is 0 Å². The van der Waals surface area contributed by atoms with E-state index in [1.807, 2.05) is 26.1 Å². The summed E-state index contributed by atoms with van der Waals surface area (Å²) in [4.78, 5) is 8.63. The van der Waals surface area contributed by atoms with Gasteiger partial charge in [-0.05, 0) is 41.4 Å². The van der Waals surface area contributed by atoms with Crippen LogP contribution < -0.4 is 10.5 Å². The normalized spacial score (nSPS) is 12.2. The lowest BCUT2D eigenvalue weighted by Crippen LogP contribution is -2.15. The van der Waals surface area contributed by atoms with E-state index in [2.05, 4.69) is 25.9 Å². The van der Waals surface area contributed by atoms with Gasteiger partial charge in [0, 0.05) is 52.3 Å². The van der Waals surface area contributed by atoms with Crippen LogP contribution in [0.4, 0.5) is 0 Å². The van der Waals surface area contributed by atoms with E-state index in [1.54, 1.807) is 19.5 Å². The van der Waals surface area contributed by atoms with E-state index in [4.69, 9.17) is 10.5 Å². The number of rotatable bonds is 4. The van der Waals surface area contributed by atoms with Gasteiger partial charge in [-0.2, -0.15) is 0 Å². The smallest absolute Gasteiger partial charge is 0.128 e. The van der Waals surface area contributed by atoms with Gasteiger partial charge in [-0.15, -0.1) is 0 Å². The predicted molar refractivity (Wildman–Crippen MR) is 82.8 cm³/mol. The molecule has 2 aromatic heterocycles. The van der Waals surface area contributed by atoms with Gasteiger partial charge in [0.15, 0.2) is 0 Å². The highest BCUT2D eigenvalue weighted by Crippen LogP contribution is 2.26. The Balaban J connectivity index is 2.26. The highest BCUT2D eigenvalue weighted by atomic mass is 79.9. The van der Waals surface area contributed by atoms with Gasteiger partial charge in [0.2, 0.25) is 0 Å². The number of halogens is 1. The van der Waals surface area contributed by atoms with E-state index >= 15 is 0 Å². The maximum atomic E-state index is 6.25. The first-order valence-electron chi connectivity index (χ1n) is 6.38. The number of hydrogen-bond donors (Lipinski definition) is 1. The lowest BCUT2D eigenvalue weighted by Gasteiger charge is -2.16. The summed E-state index contributed by atoms with van der Waals surface area (Å²) in [7, 11) is 1.68. The predicted octanol–water partition coefficient (Wildman–Crippen LogP) is 3.11. The number of aryl methyl sites for hydroxylation is 1. The van der Waals surface area contributed by atoms with Crippen molar-refractivity contribution < 1.29 is 4.74 Å². The summed E-state index contributed by atoms with van der Waals surface area (Å²) in [6.07, 6.45) is 6.01. The second-order valence-electron chi connectivity index (χ2n) is 4.79. The SMILES string of the molecule is COc1c(C)cnc(CC(N)c2cncc(Br)c2)c1C. The van der Waals surface area contributed by atoms with Crippen molar-refractivity contribution in [1.82, 2.24) is 9.97 Å². The Morgan fingerprint density at radius 1 is 1.30 bits per heavy atom. The minimum Gasteiger partial charge on any atom is -0.496 e. The molecule has 0 saturated carbocycles. The van der Waals surface area contributed by atoms with Crippen LogP contribution in [0.5, 0.6) is 5.75 Å². The molecule has 5 heteroatoms. The molecule has 0 saturated heterocycles. The van der Waals surface area contributed by atoms with Crippen molar-refractivity contribution in [3.63, 3.8) is 0 Å². The quantitative estimate of drug-likeness (QED) is 0.932. The molecule has 4 nitrogen and oxygen atoms in total. The highest BCUT2D eigenvalue weighted by molar-refractivity contribution is 9.10. The molecule has 0 amide bonds. The van der Waals surface area contributed by atoms with Gasteiger partial charge in [-0.25, -0.2) is 0 Å². The van der Waals surface area contributed by atoms with Crippen LogP contribution in [0.25, 0.3) is 0 Å². The molecule has 0 spiro atoms. The summed E-state index contributed by atoms with van der Waals surface area (Å²) >= 11 is 3.41. The van der Waals surface area contributed by atoms with Crippen molar-refractivity contribution in [2.75, 3.05) is 7.11 Å². The third-order valence-corrected chi connectivity index (χ3v) is 3.75. The summed E-state index contributed by atoms with van der Waals surface area (Å²) in [5.74, 6) is 0.884. The molecule has 0 aliphatic rings. The number of ether oxygens (including phenoxy) is 1. The molecule has 20 heavy (non-hydrogen) atoms. The first-order valence-corrected chi connectivity index (χ1v) is 7.17. The van der Waals surface area contributed by atoms with Gasteiger partial charge in [-0.3, -0.25) is 9.97 Å². The molecular weight excluding hydrogens is 318 g/mol. The second kappa shape index (κ2) is 6.33. The number of nitrogens with zero attached hydrogens (tertiary/aromatic N) is 2. The molecule has 106 valence electrons. The van der Waals surface area contributed by atoms with Crippen molar-refractivity contribution in [3.8, 4) is 5.75 Å². The molecule has 0 aliphatic heterocycles. The zero-order valence-corrected chi connectivity index (χ0v) is 13.4. The van der Waals surface area contributed by atoms with Crippen LogP contribution in [0.15, 0.2) is 29.1 Å². The van der Waals surface area contributed by atoms with Crippen LogP contribution in [-0.4, -0.2) is 17.1 Å². The third-order valence-electron chi connectivity index (χ3n) is 3.32. The Hall–Kier alpha value is -1.46. The summed E-state index contributed by atoms with van der Waals surface area (Å²) < 4.78 is 6.35. The van der Waals surface area contributed by atoms with Crippen LogP contribution in [0, 0.1) is 13.8 Å². The van der Waals surface area contributed by atoms with E-state index < -0.39 is 0 Å². The summed E-state index contributed by atoms with van der Waals surface area (Å²) in [6, 6.07) is 1.84. The average molecular weight is 336 g/mol. The third kappa shape index (κ3) is 3.16. The van der Waals surface area contributed by atoms with Gasteiger partial charge in [-0.1, -0.05) is 0 Å². The van der Waals surface area contributed by atoms with Gasteiger partial charge < -0.3 is 10.5 Å². The Morgan fingerprint density at radius 2 is 2.05 bits per heavy atom. The largest absolute Gasteiger partial charge is 0.496 e. The number of aromatic nitrogens is 2. The lowest BCUT2D eigenvalue weighted by atomic mass is 10.0. The zero-order chi connectivity index (χ0) is 14.7. The maximum absolute atomic E-state index is 6.25. The Kier molecular flexibility index (Phi) is 4.73. The number of methoxy groups -OCH3 is 1. The van der Waals surface area contributed by atoms with Gasteiger partial charge in [0.05, 0.1) is 7.11 Å². The molecular formula is C15H18BrN3O. The standard InChI is InChI=1S/C15H18BrN3O/c1-9-6-19-14(10(2)15(9)20-3)5-13(17)11-4-12(16)8-18-7-11/h4,6-8,13H,5,17H2,1-3H3. The van der Waals surface area contributed by atoms with E-state index in [9.17, 15) is 0 Å². The molecule has 0 fully saturated rings. The van der Waals surface area contributed by atoms with Crippen molar-refractivity contribution in [2.24, 2.45) is 5.73 Å². The summed E-state index contributed by atoms with van der Waals surface area (Å²) in [5.41, 5.74) is 10.3. The molecule has 1 unspecified atom stereocenters. The summed E-state index contributed by atoms with van der Waals surface area (Å²) in [6.45, 7) is 4.00. The molecule has 1 atom stereocenters. The number of nitrogens with two attached hydrogens (primary N) is 1. The Bertz CT molecular complexity index is 616. The molecule has 2 N–H and O–H groups in total. The highest BCUT2D eigenvalue weighted by Gasteiger charge is 2.14. The average Bonchev–Trinajstić information content (AvgIpc) is 2.42. The van der Waals surface area contributed by atoms with Gasteiger partial charge in [0.25, 0.3) is 0 Å². The molecule has 0 aliphatic carbocycles. The van der Waals surface area contributed by atoms with Crippen LogP contribution in [0.2, 0.25) is 0 Å². The van der Waals surface area contributed by atoms with E-state index in [1.165, 1.54) is 0 Å². The molecule has 0 bridgehead atoms. The first-order chi connectivity index (χ1) is 9.52. The van der Waals surface area contributed by atoms with Crippen LogP contribution in [-0.2, 0) is 6.42 Å². The van der Waals surface area contributed by atoms with E-state index in [-0.39, 0.29) is 6.04 Å². The maximum Gasteiger partial charge on any atom is 0.128 e. The minimum absolute atomic E-state index is 0.140. The van der Waals surface area contributed by atoms with Crippen LogP contribution in [0.3, 0.4) is 0 Å². The Labute approximate surface area is 127 Å². The number of hydrogen-bond acceptors (Lipinski definition) is 4. The fourth-order valence-corrected chi connectivity index (χ4v) is 2.62. The molecule has 0 aromatic carbocycles. The monoisotopic (exact) mass is 335 g/mol. The van der Waals surface area contributed by atoms with Crippen LogP contribution in [0.1, 0.15) is 28.4 Å².